The number of rotatable bonds is 1. The Balaban J connectivity index is 1.41. The van der Waals surface area contributed by atoms with Crippen LogP contribution in [0.4, 0.5) is 0 Å². The Bertz CT molecular complexity index is 1880. The summed E-state index contributed by atoms with van der Waals surface area (Å²) in [6.07, 6.45) is 1.97. The highest BCUT2D eigenvalue weighted by molar-refractivity contribution is 6.18. The van der Waals surface area contributed by atoms with Crippen LogP contribution in [0.2, 0.25) is 0 Å². The molecule has 1 aliphatic rings. The molecule has 1 aromatic heterocycles. The zero-order valence-electron chi connectivity index (χ0n) is 22.2. The van der Waals surface area contributed by atoms with Crippen LogP contribution >= 0.6 is 0 Å². The van der Waals surface area contributed by atoms with Gasteiger partial charge in [-0.15, -0.1) is 0 Å². The minimum atomic E-state index is -0.0574. The first-order valence-corrected chi connectivity index (χ1v) is 13.2. The molecule has 0 amide bonds. The van der Waals surface area contributed by atoms with Crippen LogP contribution < -0.4 is 0 Å². The maximum absolute atomic E-state index is 4.92. The van der Waals surface area contributed by atoms with E-state index in [4.69, 9.17) is 4.98 Å². The van der Waals surface area contributed by atoms with Crippen LogP contribution in [0.1, 0.15) is 51.3 Å². The van der Waals surface area contributed by atoms with Crippen LogP contribution in [0.15, 0.2) is 97.2 Å². The number of hydrogen-bond acceptors (Lipinski definition) is 1. The predicted octanol–water partition coefficient (Wildman–Crippen LogP) is 9.81. The van der Waals surface area contributed by atoms with E-state index in [1.165, 1.54) is 65.7 Å². The number of fused-ring (bicyclic) bond motifs is 8. The Kier molecular flexibility index (Phi) is 4.52. The number of hydrogen-bond donors (Lipinski definition) is 0. The first-order chi connectivity index (χ1) is 17.7. The lowest BCUT2D eigenvalue weighted by atomic mass is 9.78. The molecule has 1 aliphatic carbocycles. The largest absolute Gasteiger partial charge is 0.256 e. The normalized spacial score (nSPS) is 14.3. The van der Waals surface area contributed by atoms with Crippen molar-refractivity contribution in [2.24, 2.45) is 0 Å². The highest BCUT2D eigenvalue weighted by atomic mass is 14.7. The first kappa shape index (κ1) is 22.2. The van der Waals surface area contributed by atoms with Crippen LogP contribution in [0.3, 0.4) is 0 Å². The van der Waals surface area contributed by atoms with Gasteiger partial charge >= 0.3 is 0 Å². The third-order valence-corrected chi connectivity index (χ3v) is 8.48. The van der Waals surface area contributed by atoms with E-state index in [9.17, 15) is 0 Å². The van der Waals surface area contributed by atoms with Gasteiger partial charge in [0.15, 0.2) is 0 Å². The van der Waals surface area contributed by atoms with E-state index in [1.54, 1.807) is 0 Å². The summed E-state index contributed by atoms with van der Waals surface area (Å²) in [5.74, 6) is 0. The smallest absolute Gasteiger partial charge is 0.0780 e. The molecular weight excluding hydrogens is 446 g/mol. The van der Waals surface area contributed by atoms with Crippen LogP contribution in [0.25, 0.3) is 54.7 Å². The molecule has 0 N–H and O–H groups in total. The minimum Gasteiger partial charge on any atom is -0.256 e. The van der Waals surface area contributed by atoms with Crippen molar-refractivity contribution in [1.82, 2.24) is 4.98 Å². The highest BCUT2D eigenvalue weighted by Gasteiger charge is 2.36. The van der Waals surface area contributed by atoms with Gasteiger partial charge in [0.05, 0.1) is 5.69 Å². The van der Waals surface area contributed by atoms with Crippen LogP contribution in [0, 0.1) is 0 Å². The molecule has 180 valence electrons. The Morgan fingerprint density at radius 2 is 1.24 bits per heavy atom. The summed E-state index contributed by atoms with van der Waals surface area (Å²) in [7, 11) is 0. The summed E-state index contributed by atoms with van der Waals surface area (Å²) >= 11 is 0. The first-order valence-electron chi connectivity index (χ1n) is 13.2. The van der Waals surface area contributed by atoms with Gasteiger partial charge in [0, 0.05) is 22.6 Å². The van der Waals surface area contributed by atoms with Crippen LogP contribution in [-0.2, 0) is 10.8 Å². The second kappa shape index (κ2) is 7.52. The van der Waals surface area contributed by atoms with Crippen molar-refractivity contribution in [2.45, 2.75) is 45.4 Å². The molecule has 0 aliphatic heterocycles. The fraction of sp³-hybridized carbons (Fsp3) is 0.194. The molecular formula is C36H31N. The molecule has 0 fully saturated rings. The van der Waals surface area contributed by atoms with E-state index < -0.39 is 0 Å². The van der Waals surface area contributed by atoms with E-state index in [1.807, 2.05) is 6.20 Å². The molecule has 0 saturated carbocycles. The Hall–Kier alpha value is -3.97. The highest BCUT2D eigenvalue weighted by Crippen LogP contribution is 2.50. The van der Waals surface area contributed by atoms with Gasteiger partial charge in [0.25, 0.3) is 0 Å². The van der Waals surface area contributed by atoms with Crippen molar-refractivity contribution in [3.8, 4) is 22.4 Å². The third kappa shape index (κ3) is 3.20. The number of aromatic nitrogens is 1. The van der Waals surface area contributed by atoms with Gasteiger partial charge in [0.2, 0.25) is 0 Å². The molecule has 1 heterocycles. The molecule has 0 saturated heterocycles. The lowest BCUT2D eigenvalue weighted by Gasteiger charge is -2.25. The maximum Gasteiger partial charge on any atom is 0.0780 e. The van der Waals surface area contributed by atoms with Crippen molar-refractivity contribution in [2.75, 3.05) is 0 Å². The lowest BCUT2D eigenvalue weighted by molar-refractivity contribution is 0.584. The number of nitrogens with zero attached hydrogens (tertiary/aromatic N) is 1. The molecule has 0 unspecified atom stereocenters. The van der Waals surface area contributed by atoms with Gasteiger partial charge in [-0.25, -0.2) is 0 Å². The van der Waals surface area contributed by atoms with Gasteiger partial charge in [-0.3, -0.25) is 4.98 Å². The molecule has 0 bridgehead atoms. The van der Waals surface area contributed by atoms with Crippen molar-refractivity contribution < 1.29 is 0 Å². The van der Waals surface area contributed by atoms with Crippen molar-refractivity contribution in [1.29, 1.82) is 0 Å². The molecule has 0 atom stereocenters. The molecule has 1 heteroatoms. The van der Waals surface area contributed by atoms with Gasteiger partial charge in [-0.2, -0.15) is 0 Å². The van der Waals surface area contributed by atoms with E-state index in [-0.39, 0.29) is 10.8 Å². The molecule has 6 aromatic rings. The van der Waals surface area contributed by atoms with Crippen LogP contribution in [-0.4, -0.2) is 4.98 Å². The zero-order chi connectivity index (χ0) is 25.5. The Morgan fingerprint density at radius 1 is 0.595 bits per heavy atom. The zero-order valence-corrected chi connectivity index (χ0v) is 22.2. The van der Waals surface area contributed by atoms with Gasteiger partial charge in [-0.1, -0.05) is 113 Å². The maximum atomic E-state index is 4.92. The lowest BCUT2D eigenvalue weighted by Crippen LogP contribution is -2.17. The summed E-state index contributed by atoms with van der Waals surface area (Å²) in [5.41, 5.74) is 9.22. The molecule has 1 nitrogen and oxygen atoms in total. The standard InChI is InChI=1S/C36H31N/c1-35(2,3)24-12-15-30-29-14-11-23(20-32(29)36(4,5)33(30)21-24)34-31-17-16-26-25-9-7-6-8-22(25)10-13-27(26)28(31)18-19-37-34/h6-21H,1-5H3. The summed E-state index contributed by atoms with van der Waals surface area (Å²) in [5, 5.41) is 7.61. The number of pyridine rings is 1. The van der Waals surface area contributed by atoms with Gasteiger partial charge in [-0.05, 0) is 72.3 Å². The van der Waals surface area contributed by atoms with Crippen molar-refractivity contribution >= 4 is 32.3 Å². The van der Waals surface area contributed by atoms with E-state index >= 15 is 0 Å². The topological polar surface area (TPSA) is 12.9 Å². The summed E-state index contributed by atoms with van der Waals surface area (Å²) in [4.78, 5) is 4.92. The second-order valence-corrected chi connectivity index (χ2v) is 12.1. The molecule has 7 rings (SSSR count). The average Bonchev–Trinajstić information content (AvgIpc) is 3.13. The van der Waals surface area contributed by atoms with E-state index in [0.717, 1.165) is 5.69 Å². The third-order valence-electron chi connectivity index (χ3n) is 8.48. The predicted molar refractivity (Wildman–Crippen MR) is 158 cm³/mol. The van der Waals surface area contributed by atoms with E-state index in [2.05, 4.69) is 126 Å². The summed E-state index contributed by atoms with van der Waals surface area (Å²) in [6.45, 7) is 11.6. The Morgan fingerprint density at radius 3 is 2.05 bits per heavy atom. The summed E-state index contributed by atoms with van der Waals surface area (Å²) < 4.78 is 0. The average molecular weight is 478 g/mol. The van der Waals surface area contributed by atoms with Gasteiger partial charge < -0.3 is 0 Å². The van der Waals surface area contributed by atoms with Crippen molar-refractivity contribution in [3.05, 3.63) is 114 Å². The monoisotopic (exact) mass is 477 g/mol. The minimum absolute atomic E-state index is 0.0574. The molecule has 37 heavy (non-hydrogen) atoms. The fourth-order valence-electron chi connectivity index (χ4n) is 6.33. The van der Waals surface area contributed by atoms with Crippen LogP contribution in [0.5, 0.6) is 0 Å². The quantitative estimate of drug-likeness (QED) is 0.215. The van der Waals surface area contributed by atoms with E-state index in [0.29, 0.717) is 0 Å². The molecule has 5 aromatic carbocycles. The Labute approximate surface area is 218 Å². The molecule has 0 spiro atoms. The second-order valence-electron chi connectivity index (χ2n) is 12.1. The van der Waals surface area contributed by atoms with Gasteiger partial charge in [0.1, 0.15) is 0 Å². The SMILES string of the molecule is CC(C)(C)c1ccc2c(c1)C(C)(C)c1cc(-c3nccc4c3ccc3c5ccccc5ccc43)ccc1-2. The fourth-order valence-corrected chi connectivity index (χ4v) is 6.33. The number of benzene rings is 5. The van der Waals surface area contributed by atoms with Crippen molar-refractivity contribution in [3.63, 3.8) is 0 Å². The summed E-state index contributed by atoms with van der Waals surface area (Å²) in [6, 6.07) is 33.8. The molecule has 0 radical (unpaired) electrons.